The Balaban J connectivity index is -0.0000000133. The summed E-state index contributed by atoms with van der Waals surface area (Å²) in [6.45, 7) is 0. The van der Waals surface area contributed by atoms with E-state index in [2.05, 4.69) is 0 Å². The molecule has 0 saturated carbocycles. The topological polar surface area (TPSA) is 115 Å². The van der Waals surface area contributed by atoms with Crippen molar-refractivity contribution in [3.63, 3.8) is 0 Å². The predicted molar refractivity (Wildman–Crippen MR) is 22.0 cm³/mol. The molecule has 0 aliphatic rings. The maximum atomic E-state index is 8.66. The molecule has 0 atom stereocenters. The average Bonchev–Trinajstić information content (AvgIpc) is 0.722. The minimum Gasteiger partial charge on any atom is -0.790 e. The molecule has 0 bridgehead atoms. The fourth-order valence-corrected chi connectivity index (χ4v) is 0. The third-order valence-corrected chi connectivity index (χ3v) is 0. The summed E-state index contributed by atoms with van der Waals surface area (Å²) in [5, 5.41) is 0. The normalized spacial score (nSPS) is 6.56. The predicted octanol–water partition coefficient (Wildman–Crippen LogP) is -9.93. The third-order valence-electron chi connectivity index (χ3n) is 0. The molecule has 0 saturated heterocycles. The zero-order valence-corrected chi connectivity index (χ0v) is 9.51. The van der Waals surface area contributed by atoms with E-state index in [1.807, 2.05) is 0 Å². The molecule has 3 N–H and O–H groups in total. The van der Waals surface area contributed by atoms with Gasteiger partial charge in [-0.15, -0.1) is 0 Å². The fourth-order valence-electron chi connectivity index (χ4n) is 0. The van der Waals surface area contributed by atoms with Gasteiger partial charge in [0.25, 0.3) is 0 Å². The molecule has 0 aliphatic carbocycles. The van der Waals surface area contributed by atoms with Crippen LogP contribution in [0.5, 0.6) is 0 Å². The number of hydrogen-bond donors (Lipinski definition) is 1. The van der Waals surface area contributed by atoms with Crippen molar-refractivity contribution < 1.29 is 83.8 Å². The van der Waals surface area contributed by atoms with Gasteiger partial charge in [-0.1, -0.05) is 0 Å². The van der Waals surface area contributed by atoms with Crippen LogP contribution >= 0.6 is 7.82 Å². The second kappa shape index (κ2) is 13.4. The van der Waals surface area contributed by atoms with Gasteiger partial charge in [0.1, 0.15) is 0 Å². The third kappa shape index (κ3) is 105. The van der Waals surface area contributed by atoms with Crippen LogP contribution < -0.4 is 68.9 Å². The first kappa shape index (κ1) is 29.7. The van der Waals surface area contributed by atoms with Crippen molar-refractivity contribution in [1.29, 1.82) is 0 Å². The van der Waals surface area contributed by atoms with E-state index in [0.717, 1.165) is 0 Å². The minimum atomic E-state index is -5.14. The number of rotatable bonds is 0. The summed E-state index contributed by atoms with van der Waals surface area (Å²) in [6.07, 6.45) is 0. The van der Waals surface area contributed by atoms with Gasteiger partial charge in [0.15, 0.2) is 0 Å². The largest absolute Gasteiger partial charge is 1.00 e. The van der Waals surface area contributed by atoms with Gasteiger partial charge in [-0.05, 0) is 0 Å². The molecule has 9 heavy (non-hydrogen) atoms. The molecule has 0 unspecified atom stereocenters. The Kier molecular flexibility index (Phi) is 44.4. The SMILES string of the molecule is O.O=P([O-])([O-])O.[MgH2].[Na+].[Na+]. The summed E-state index contributed by atoms with van der Waals surface area (Å²) in [7, 11) is -5.14. The Morgan fingerprint density at radius 2 is 1.22 bits per heavy atom. The standard InChI is InChI=1S/Mg.2Na.H3O4P.H2O.2H/c;;;1-5(2,3)4;;;/h;;;(H3,1,2,3,4);1H2;;/q;2*+1;;;;/p-2. The molecule has 9 heteroatoms. The number of hydrogen-bond acceptors (Lipinski definition) is 3. The monoisotopic (exact) mass is 186 g/mol. The average molecular weight is 186 g/mol. The molecule has 0 rings (SSSR count). The van der Waals surface area contributed by atoms with Crippen LogP contribution in [0.2, 0.25) is 0 Å². The van der Waals surface area contributed by atoms with Crippen LogP contribution in [0.25, 0.3) is 0 Å². The van der Waals surface area contributed by atoms with E-state index in [1.165, 1.54) is 0 Å². The van der Waals surface area contributed by atoms with E-state index < -0.39 is 7.82 Å². The molecule has 0 fully saturated rings. The van der Waals surface area contributed by atoms with E-state index in [4.69, 9.17) is 19.2 Å². The molecular formula is H5MgNa2O5P. The molecule has 0 aromatic rings. The number of phosphoric acid groups is 1. The fraction of sp³-hybridized carbons (Fsp3) is 0. The van der Waals surface area contributed by atoms with Crippen molar-refractivity contribution >= 4 is 30.9 Å². The Morgan fingerprint density at radius 3 is 1.22 bits per heavy atom. The summed E-state index contributed by atoms with van der Waals surface area (Å²) in [6, 6.07) is 0. The van der Waals surface area contributed by atoms with Crippen LogP contribution in [0.3, 0.4) is 0 Å². The molecule has 44 valence electrons. The van der Waals surface area contributed by atoms with E-state index in [9.17, 15) is 0 Å². The summed E-state index contributed by atoms with van der Waals surface area (Å²) >= 11 is 0. The van der Waals surface area contributed by atoms with Gasteiger partial charge < -0.3 is 24.7 Å². The summed E-state index contributed by atoms with van der Waals surface area (Å²) in [5.41, 5.74) is 0. The van der Waals surface area contributed by atoms with Crippen molar-refractivity contribution in [2.45, 2.75) is 0 Å². The van der Waals surface area contributed by atoms with E-state index in [-0.39, 0.29) is 87.6 Å². The van der Waals surface area contributed by atoms with Gasteiger partial charge in [0.2, 0.25) is 0 Å². The first-order valence-electron chi connectivity index (χ1n) is 0.748. The summed E-state index contributed by atoms with van der Waals surface area (Å²) < 4.78 is 8.66. The van der Waals surface area contributed by atoms with Crippen molar-refractivity contribution in [2.75, 3.05) is 0 Å². The van der Waals surface area contributed by atoms with E-state index in [1.54, 1.807) is 0 Å². The van der Waals surface area contributed by atoms with Gasteiger partial charge in [0.05, 0.1) is 7.82 Å². The Bertz CT molecular complexity index is 61.1. The maximum Gasteiger partial charge on any atom is 1.00 e. The van der Waals surface area contributed by atoms with E-state index in [0.29, 0.717) is 0 Å². The van der Waals surface area contributed by atoms with Crippen LogP contribution in [0, 0.1) is 0 Å². The Hall–Kier alpha value is 2.84. The molecule has 0 heterocycles. The molecule has 0 amide bonds. The molecule has 0 aliphatic heterocycles. The van der Waals surface area contributed by atoms with Crippen LogP contribution in [0.1, 0.15) is 0 Å². The first-order valence-corrected chi connectivity index (χ1v) is 2.24. The molecule has 0 aromatic heterocycles. The second-order valence-corrected chi connectivity index (χ2v) is 1.41. The van der Waals surface area contributed by atoms with Crippen molar-refractivity contribution in [2.24, 2.45) is 0 Å². The van der Waals surface area contributed by atoms with Crippen molar-refractivity contribution in [3.05, 3.63) is 0 Å². The molecule has 0 spiro atoms. The second-order valence-electron chi connectivity index (χ2n) is 0.469. The maximum absolute atomic E-state index is 8.66. The zero-order chi connectivity index (χ0) is 4.50. The van der Waals surface area contributed by atoms with Gasteiger partial charge in [-0.3, -0.25) is 0 Å². The van der Waals surface area contributed by atoms with Gasteiger partial charge >= 0.3 is 82.2 Å². The van der Waals surface area contributed by atoms with Gasteiger partial charge in [-0.2, -0.15) is 0 Å². The van der Waals surface area contributed by atoms with Crippen molar-refractivity contribution in [1.82, 2.24) is 0 Å². The van der Waals surface area contributed by atoms with Crippen LogP contribution in [-0.2, 0) is 4.57 Å². The van der Waals surface area contributed by atoms with E-state index >= 15 is 0 Å². The minimum absolute atomic E-state index is 0. The molecule has 5 nitrogen and oxygen atoms in total. The first-order chi connectivity index (χ1) is 2.00. The molecule has 0 radical (unpaired) electrons. The van der Waals surface area contributed by atoms with Crippen LogP contribution in [0.15, 0.2) is 0 Å². The zero-order valence-electron chi connectivity index (χ0n) is 4.62. The Labute approximate surface area is 113 Å². The molecular weight excluding hydrogens is 181 g/mol. The van der Waals surface area contributed by atoms with Gasteiger partial charge in [0, 0.05) is 0 Å². The Morgan fingerprint density at radius 1 is 1.22 bits per heavy atom. The summed E-state index contributed by atoms with van der Waals surface area (Å²) in [4.78, 5) is 24.3. The van der Waals surface area contributed by atoms with Crippen LogP contribution in [-0.4, -0.2) is 33.4 Å². The quantitative estimate of drug-likeness (QED) is 0.299. The molecule has 0 aromatic carbocycles. The summed E-state index contributed by atoms with van der Waals surface area (Å²) in [5.74, 6) is 0. The van der Waals surface area contributed by atoms with Gasteiger partial charge in [-0.25, -0.2) is 0 Å². The van der Waals surface area contributed by atoms with Crippen LogP contribution in [0.4, 0.5) is 0 Å². The smallest absolute Gasteiger partial charge is 0.790 e. The van der Waals surface area contributed by atoms with Crippen molar-refractivity contribution in [3.8, 4) is 0 Å².